The van der Waals surface area contributed by atoms with Gasteiger partial charge in [0.1, 0.15) is 5.69 Å². The molecule has 0 aliphatic heterocycles. The lowest BCUT2D eigenvalue weighted by Gasteiger charge is -2.04. The molecule has 5 nitrogen and oxygen atoms in total. The predicted molar refractivity (Wildman–Crippen MR) is 70.9 cm³/mol. The molecule has 0 bridgehead atoms. The van der Waals surface area contributed by atoms with Gasteiger partial charge >= 0.3 is 0 Å². The maximum Gasteiger partial charge on any atom is 0.211 e. The van der Waals surface area contributed by atoms with E-state index in [1.165, 1.54) is 24.3 Å². The molecule has 1 aromatic carbocycles. The molecule has 0 spiro atoms. The molecular weight excluding hydrogens is 264 g/mol. The number of nitrogens with zero attached hydrogens (tertiary/aromatic N) is 2. The average molecular weight is 278 g/mol. The van der Waals surface area contributed by atoms with E-state index >= 15 is 0 Å². The number of rotatable bonds is 4. The first kappa shape index (κ1) is 13.5. The van der Waals surface area contributed by atoms with E-state index in [1.54, 1.807) is 16.9 Å². The lowest BCUT2D eigenvalue weighted by molar-refractivity contribution is 0.102. The number of aryl methyl sites for hydroxylation is 1. The van der Waals surface area contributed by atoms with Crippen molar-refractivity contribution >= 4 is 15.6 Å². The number of hydrogen-bond acceptors (Lipinski definition) is 4. The van der Waals surface area contributed by atoms with E-state index in [0.29, 0.717) is 17.8 Å². The lowest BCUT2D eigenvalue weighted by atomic mass is 10.1. The third kappa shape index (κ3) is 2.73. The van der Waals surface area contributed by atoms with Gasteiger partial charge in [-0.25, -0.2) is 8.42 Å². The van der Waals surface area contributed by atoms with Crippen LogP contribution in [-0.4, -0.2) is 30.2 Å². The molecule has 0 atom stereocenters. The van der Waals surface area contributed by atoms with Gasteiger partial charge < -0.3 is 0 Å². The number of ketones is 1. The Balaban J connectivity index is 2.36. The van der Waals surface area contributed by atoms with Gasteiger partial charge in [0.2, 0.25) is 5.78 Å². The highest BCUT2D eigenvalue weighted by Crippen LogP contribution is 2.14. The zero-order chi connectivity index (χ0) is 14.0. The summed E-state index contributed by atoms with van der Waals surface area (Å²) >= 11 is 0. The highest BCUT2D eigenvalue weighted by Gasteiger charge is 2.14. The molecule has 6 heteroatoms. The van der Waals surface area contributed by atoms with E-state index in [9.17, 15) is 13.2 Å². The van der Waals surface area contributed by atoms with E-state index in [4.69, 9.17) is 0 Å². The Morgan fingerprint density at radius 3 is 2.37 bits per heavy atom. The summed E-state index contributed by atoms with van der Waals surface area (Å²) in [4.78, 5) is 12.4. The van der Waals surface area contributed by atoms with Crippen LogP contribution in [0.4, 0.5) is 0 Å². The van der Waals surface area contributed by atoms with Crippen molar-refractivity contribution in [1.29, 1.82) is 0 Å². The minimum atomic E-state index is -3.24. The van der Waals surface area contributed by atoms with Crippen LogP contribution in [0.3, 0.4) is 0 Å². The average Bonchev–Trinajstić information content (AvgIpc) is 2.85. The molecule has 2 rings (SSSR count). The molecule has 0 radical (unpaired) electrons. The number of hydrogen-bond donors (Lipinski definition) is 0. The van der Waals surface area contributed by atoms with Gasteiger partial charge in [0.15, 0.2) is 9.84 Å². The SMILES string of the molecule is CCn1nccc1C(=O)c1ccc(S(C)(=O)=O)cc1. The molecule has 2 aromatic rings. The number of carbonyl (C=O) groups is 1. The second-order valence-electron chi connectivity index (χ2n) is 4.16. The third-order valence-electron chi connectivity index (χ3n) is 2.79. The Morgan fingerprint density at radius 2 is 1.84 bits per heavy atom. The van der Waals surface area contributed by atoms with Crippen LogP contribution < -0.4 is 0 Å². The fourth-order valence-electron chi connectivity index (χ4n) is 1.78. The summed E-state index contributed by atoms with van der Waals surface area (Å²) in [5.41, 5.74) is 0.942. The van der Waals surface area contributed by atoms with E-state index in [2.05, 4.69) is 5.10 Å². The van der Waals surface area contributed by atoms with Crippen LogP contribution >= 0.6 is 0 Å². The fourth-order valence-corrected chi connectivity index (χ4v) is 2.41. The van der Waals surface area contributed by atoms with Crippen molar-refractivity contribution in [2.45, 2.75) is 18.4 Å². The van der Waals surface area contributed by atoms with Crippen LogP contribution in [0, 0.1) is 0 Å². The van der Waals surface area contributed by atoms with Crippen molar-refractivity contribution in [3.63, 3.8) is 0 Å². The van der Waals surface area contributed by atoms with Crippen molar-refractivity contribution in [1.82, 2.24) is 9.78 Å². The van der Waals surface area contributed by atoms with Crippen LogP contribution in [-0.2, 0) is 16.4 Å². The van der Waals surface area contributed by atoms with Crippen LogP contribution in [0.2, 0.25) is 0 Å². The minimum Gasteiger partial charge on any atom is -0.287 e. The highest BCUT2D eigenvalue weighted by molar-refractivity contribution is 7.90. The van der Waals surface area contributed by atoms with Crippen LogP contribution in [0.15, 0.2) is 41.4 Å². The zero-order valence-corrected chi connectivity index (χ0v) is 11.5. The molecular formula is C13H14N2O3S. The molecule has 19 heavy (non-hydrogen) atoms. The van der Waals surface area contributed by atoms with Gasteiger partial charge in [-0.15, -0.1) is 0 Å². The molecule has 1 heterocycles. The second kappa shape index (κ2) is 4.97. The quantitative estimate of drug-likeness (QED) is 0.795. The number of aromatic nitrogens is 2. The topological polar surface area (TPSA) is 69.0 Å². The first-order valence-corrected chi connectivity index (χ1v) is 7.69. The van der Waals surface area contributed by atoms with E-state index < -0.39 is 9.84 Å². The summed E-state index contributed by atoms with van der Waals surface area (Å²) in [5.74, 6) is -0.167. The third-order valence-corrected chi connectivity index (χ3v) is 3.92. The molecule has 0 aliphatic rings. The molecule has 100 valence electrons. The maximum atomic E-state index is 12.2. The summed E-state index contributed by atoms with van der Waals surface area (Å²) in [5, 5.41) is 4.04. The van der Waals surface area contributed by atoms with E-state index in [0.717, 1.165) is 6.26 Å². The van der Waals surface area contributed by atoms with Crippen molar-refractivity contribution in [2.24, 2.45) is 0 Å². The van der Waals surface area contributed by atoms with Gasteiger partial charge in [0, 0.05) is 24.6 Å². The Bertz CT molecular complexity index is 700. The van der Waals surface area contributed by atoms with Gasteiger partial charge in [-0.1, -0.05) is 0 Å². The Labute approximate surface area is 111 Å². The van der Waals surface area contributed by atoms with Gasteiger partial charge in [-0.05, 0) is 37.3 Å². The molecule has 0 amide bonds. The monoisotopic (exact) mass is 278 g/mol. The normalized spacial score (nSPS) is 11.5. The molecule has 0 saturated heterocycles. The smallest absolute Gasteiger partial charge is 0.211 e. The van der Waals surface area contributed by atoms with Crippen molar-refractivity contribution in [2.75, 3.05) is 6.26 Å². The van der Waals surface area contributed by atoms with E-state index in [1.807, 2.05) is 6.92 Å². The Hall–Kier alpha value is -1.95. The van der Waals surface area contributed by atoms with Crippen molar-refractivity contribution < 1.29 is 13.2 Å². The van der Waals surface area contributed by atoms with Crippen LogP contribution in [0.1, 0.15) is 23.0 Å². The zero-order valence-electron chi connectivity index (χ0n) is 10.7. The molecule has 0 N–H and O–H groups in total. The maximum absolute atomic E-state index is 12.2. The summed E-state index contributed by atoms with van der Waals surface area (Å²) in [6.45, 7) is 2.51. The summed E-state index contributed by atoms with van der Waals surface area (Å²) < 4.78 is 24.3. The predicted octanol–water partition coefficient (Wildman–Crippen LogP) is 1.54. The second-order valence-corrected chi connectivity index (χ2v) is 6.17. The molecule has 0 aliphatic carbocycles. The Kier molecular flexibility index (Phi) is 3.53. The highest BCUT2D eigenvalue weighted by atomic mass is 32.2. The first-order chi connectivity index (χ1) is 8.93. The lowest BCUT2D eigenvalue weighted by Crippen LogP contribution is -2.10. The van der Waals surface area contributed by atoms with Gasteiger partial charge in [0.05, 0.1) is 4.90 Å². The van der Waals surface area contributed by atoms with E-state index in [-0.39, 0.29) is 10.7 Å². The van der Waals surface area contributed by atoms with Crippen molar-refractivity contribution in [3.05, 3.63) is 47.8 Å². The van der Waals surface area contributed by atoms with Gasteiger partial charge in [-0.2, -0.15) is 5.10 Å². The minimum absolute atomic E-state index is 0.167. The van der Waals surface area contributed by atoms with Gasteiger partial charge in [0.25, 0.3) is 0 Å². The number of carbonyl (C=O) groups excluding carboxylic acids is 1. The Morgan fingerprint density at radius 1 is 1.21 bits per heavy atom. The summed E-state index contributed by atoms with van der Waals surface area (Å²) in [7, 11) is -3.24. The summed E-state index contributed by atoms with van der Waals surface area (Å²) in [6.07, 6.45) is 2.71. The van der Waals surface area contributed by atoms with Gasteiger partial charge in [-0.3, -0.25) is 9.48 Å². The van der Waals surface area contributed by atoms with Crippen LogP contribution in [0.25, 0.3) is 0 Å². The molecule has 0 fully saturated rings. The molecule has 1 aromatic heterocycles. The summed E-state index contributed by atoms with van der Waals surface area (Å²) in [6, 6.07) is 7.57. The van der Waals surface area contributed by atoms with Crippen LogP contribution in [0.5, 0.6) is 0 Å². The number of benzene rings is 1. The molecule has 0 unspecified atom stereocenters. The largest absolute Gasteiger partial charge is 0.287 e. The van der Waals surface area contributed by atoms with Crippen molar-refractivity contribution in [3.8, 4) is 0 Å². The standard InChI is InChI=1S/C13H14N2O3S/c1-3-15-12(8-9-14-15)13(16)10-4-6-11(7-5-10)19(2,17)18/h4-9H,3H2,1-2H3. The first-order valence-electron chi connectivity index (χ1n) is 5.80. The number of sulfone groups is 1. The molecule has 0 saturated carbocycles. The fraction of sp³-hybridized carbons (Fsp3) is 0.231.